The molecule has 7 nitrogen and oxygen atoms in total. The fourth-order valence-electron chi connectivity index (χ4n) is 4.14. The highest BCUT2D eigenvalue weighted by atomic mass is 32.2. The first kappa shape index (κ1) is 18.6. The van der Waals surface area contributed by atoms with E-state index < -0.39 is 10.0 Å². The van der Waals surface area contributed by atoms with Crippen LogP contribution in [0, 0.1) is 6.92 Å². The number of hydrogen-bond acceptors (Lipinski definition) is 5. The molecule has 0 radical (unpaired) electrons. The Morgan fingerprint density at radius 2 is 2.00 bits per heavy atom. The molecular formula is C19H27N5O2S. The summed E-state index contributed by atoms with van der Waals surface area (Å²) in [4.78, 5) is 2.21. The molecule has 2 aliphatic rings. The van der Waals surface area contributed by atoms with Gasteiger partial charge in [-0.05, 0) is 32.4 Å². The molecule has 1 fully saturated rings. The van der Waals surface area contributed by atoms with Crippen molar-refractivity contribution in [1.82, 2.24) is 24.0 Å². The SMILES string of the molecule is Cc1cccc(CS(=O)(=O)N2CCCC[C@H]2c2nnc3n2CCN(C)C3)c1. The van der Waals surface area contributed by atoms with Crippen molar-refractivity contribution in [3.8, 4) is 0 Å². The maximum absolute atomic E-state index is 13.3. The third-order valence-electron chi connectivity index (χ3n) is 5.51. The molecule has 2 aromatic rings. The predicted molar refractivity (Wildman–Crippen MR) is 103 cm³/mol. The molecule has 8 heteroatoms. The van der Waals surface area contributed by atoms with E-state index in [1.54, 1.807) is 4.31 Å². The van der Waals surface area contributed by atoms with Gasteiger partial charge in [-0.15, -0.1) is 10.2 Å². The molecule has 2 aliphatic heterocycles. The summed E-state index contributed by atoms with van der Waals surface area (Å²) in [5.41, 5.74) is 1.91. The lowest BCUT2D eigenvalue weighted by Crippen LogP contribution is -2.41. The van der Waals surface area contributed by atoms with Crippen molar-refractivity contribution in [2.24, 2.45) is 0 Å². The van der Waals surface area contributed by atoms with Crippen molar-refractivity contribution in [2.75, 3.05) is 20.1 Å². The number of fused-ring (bicyclic) bond motifs is 1. The van der Waals surface area contributed by atoms with Crippen LogP contribution in [0.3, 0.4) is 0 Å². The van der Waals surface area contributed by atoms with Crippen molar-refractivity contribution >= 4 is 10.0 Å². The monoisotopic (exact) mass is 389 g/mol. The van der Waals surface area contributed by atoms with E-state index >= 15 is 0 Å². The van der Waals surface area contributed by atoms with Crippen molar-refractivity contribution in [3.05, 3.63) is 47.0 Å². The van der Waals surface area contributed by atoms with Crippen LogP contribution in [0.15, 0.2) is 24.3 Å². The maximum Gasteiger partial charge on any atom is 0.218 e. The van der Waals surface area contributed by atoms with Crippen LogP contribution in [0.2, 0.25) is 0 Å². The molecule has 1 atom stereocenters. The molecule has 0 amide bonds. The van der Waals surface area contributed by atoms with Crippen LogP contribution in [0.1, 0.15) is 48.1 Å². The Kier molecular flexibility index (Phi) is 5.05. The molecule has 27 heavy (non-hydrogen) atoms. The molecule has 3 heterocycles. The van der Waals surface area contributed by atoms with Gasteiger partial charge in [0.15, 0.2) is 5.82 Å². The van der Waals surface area contributed by atoms with E-state index in [0.717, 1.165) is 61.7 Å². The van der Waals surface area contributed by atoms with E-state index in [1.165, 1.54) is 0 Å². The Hall–Kier alpha value is -1.77. The number of piperidine rings is 1. The molecule has 0 bridgehead atoms. The fourth-order valence-corrected chi connectivity index (χ4v) is 5.90. The van der Waals surface area contributed by atoms with Gasteiger partial charge < -0.3 is 4.57 Å². The Morgan fingerprint density at radius 1 is 1.15 bits per heavy atom. The van der Waals surface area contributed by atoms with Gasteiger partial charge in [0.2, 0.25) is 10.0 Å². The Bertz CT molecular complexity index is 924. The van der Waals surface area contributed by atoms with E-state index in [2.05, 4.69) is 26.7 Å². The van der Waals surface area contributed by atoms with Crippen LogP contribution in [0.25, 0.3) is 0 Å². The topological polar surface area (TPSA) is 71.3 Å². The van der Waals surface area contributed by atoms with Gasteiger partial charge in [-0.3, -0.25) is 4.90 Å². The highest BCUT2D eigenvalue weighted by Crippen LogP contribution is 2.34. The Labute approximate surface area is 161 Å². The van der Waals surface area contributed by atoms with Crippen molar-refractivity contribution in [3.63, 3.8) is 0 Å². The largest absolute Gasteiger partial charge is 0.311 e. The number of rotatable bonds is 4. The van der Waals surface area contributed by atoms with Gasteiger partial charge in [0.1, 0.15) is 5.82 Å². The van der Waals surface area contributed by atoms with Gasteiger partial charge in [0, 0.05) is 19.6 Å². The molecule has 0 N–H and O–H groups in total. The minimum Gasteiger partial charge on any atom is -0.311 e. The quantitative estimate of drug-likeness (QED) is 0.801. The number of likely N-dealkylation sites (N-methyl/N-ethyl adjacent to an activating group) is 1. The number of sulfonamides is 1. The van der Waals surface area contributed by atoms with E-state index in [4.69, 9.17) is 0 Å². The van der Waals surface area contributed by atoms with Gasteiger partial charge in [-0.25, -0.2) is 8.42 Å². The number of hydrogen-bond donors (Lipinski definition) is 0. The first-order valence-corrected chi connectivity index (χ1v) is 11.2. The average molecular weight is 390 g/mol. The van der Waals surface area contributed by atoms with Crippen molar-refractivity contribution in [1.29, 1.82) is 0 Å². The number of nitrogens with zero attached hydrogens (tertiary/aromatic N) is 5. The first-order chi connectivity index (χ1) is 12.9. The van der Waals surface area contributed by atoms with Crippen molar-refractivity contribution < 1.29 is 8.42 Å². The second kappa shape index (κ2) is 7.33. The van der Waals surface area contributed by atoms with Crippen LogP contribution in [-0.4, -0.2) is 52.5 Å². The summed E-state index contributed by atoms with van der Waals surface area (Å²) in [5, 5.41) is 8.77. The van der Waals surface area contributed by atoms with Gasteiger partial charge in [-0.2, -0.15) is 4.31 Å². The third kappa shape index (κ3) is 3.79. The minimum absolute atomic E-state index is 0.0366. The zero-order valence-electron chi connectivity index (χ0n) is 16.0. The molecule has 0 spiro atoms. The van der Waals surface area contributed by atoms with Gasteiger partial charge >= 0.3 is 0 Å². The van der Waals surface area contributed by atoms with Crippen molar-refractivity contribution in [2.45, 2.75) is 51.1 Å². The zero-order valence-corrected chi connectivity index (χ0v) is 16.8. The molecule has 1 aromatic heterocycles. The zero-order chi connectivity index (χ0) is 19.0. The van der Waals surface area contributed by atoms with Gasteiger partial charge in [0.05, 0.1) is 18.3 Å². The predicted octanol–water partition coefficient (Wildman–Crippen LogP) is 2.09. The fraction of sp³-hybridized carbons (Fsp3) is 0.579. The highest BCUT2D eigenvalue weighted by molar-refractivity contribution is 7.88. The first-order valence-electron chi connectivity index (χ1n) is 9.59. The van der Waals surface area contributed by atoms with E-state index in [1.807, 2.05) is 31.2 Å². The normalized spacial score (nSPS) is 21.9. The van der Waals surface area contributed by atoms with Crippen LogP contribution in [-0.2, 0) is 28.9 Å². The van der Waals surface area contributed by atoms with E-state index in [0.29, 0.717) is 6.54 Å². The average Bonchev–Trinajstić information content (AvgIpc) is 3.04. The number of benzene rings is 1. The summed E-state index contributed by atoms with van der Waals surface area (Å²) in [5.74, 6) is 1.78. The smallest absolute Gasteiger partial charge is 0.218 e. The minimum atomic E-state index is -3.42. The molecule has 146 valence electrons. The molecule has 4 rings (SSSR count). The lowest BCUT2D eigenvalue weighted by Gasteiger charge is -2.35. The maximum atomic E-state index is 13.3. The van der Waals surface area contributed by atoms with Crippen LogP contribution in [0.5, 0.6) is 0 Å². The lowest BCUT2D eigenvalue weighted by molar-refractivity contribution is 0.224. The number of aryl methyl sites for hydroxylation is 1. The van der Waals surface area contributed by atoms with Crippen LogP contribution in [0.4, 0.5) is 0 Å². The summed E-state index contributed by atoms with van der Waals surface area (Å²) in [6, 6.07) is 7.53. The Morgan fingerprint density at radius 3 is 2.81 bits per heavy atom. The standard InChI is InChI=1S/C19H27N5O2S/c1-15-6-5-7-16(12-15)14-27(25,26)24-9-4-3-8-17(24)19-21-20-18-13-22(2)10-11-23(18)19/h5-7,12,17H,3-4,8-11,13-14H2,1-2H3/t17-/m0/s1. The summed E-state index contributed by atoms with van der Waals surface area (Å²) in [7, 11) is -1.36. The summed E-state index contributed by atoms with van der Waals surface area (Å²) < 4.78 is 30.3. The molecule has 0 unspecified atom stereocenters. The summed E-state index contributed by atoms with van der Waals surface area (Å²) in [6.45, 7) is 5.05. The Balaban J connectivity index is 1.63. The van der Waals surface area contributed by atoms with Crippen LogP contribution >= 0.6 is 0 Å². The molecule has 1 saturated heterocycles. The highest BCUT2D eigenvalue weighted by Gasteiger charge is 2.37. The molecule has 0 aliphatic carbocycles. The third-order valence-corrected chi connectivity index (χ3v) is 7.36. The van der Waals surface area contributed by atoms with Crippen LogP contribution < -0.4 is 0 Å². The summed E-state index contributed by atoms with van der Waals surface area (Å²) in [6.07, 6.45) is 2.72. The number of aromatic nitrogens is 3. The van der Waals surface area contributed by atoms with E-state index in [9.17, 15) is 8.42 Å². The summed E-state index contributed by atoms with van der Waals surface area (Å²) >= 11 is 0. The second-order valence-electron chi connectivity index (χ2n) is 7.73. The van der Waals surface area contributed by atoms with Gasteiger partial charge in [0.25, 0.3) is 0 Å². The second-order valence-corrected chi connectivity index (χ2v) is 9.65. The lowest BCUT2D eigenvalue weighted by atomic mass is 10.0. The molecular weight excluding hydrogens is 362 g/mol. The molecule has 0 saturated carbocycles. The van der Waals surface area contributed by atoms with E-state index in [-0.39, 0.29) is 11.8 Å². The van der Waals surface area contributed by atoms with Gasteiger partial charge in [-0.1, -0.05) is 36.2 Å². The molecule has 1 aromatic carbocycles.